The average molecular weight is 696 g/mol. The molecule has 0 fully saturated rings. The molecule has 242 valence electrons. The van der Waals surface area contributed by atoms with Crippen molar-refractivity contribution in [2.75, 3.05) is 19.6 Å². The van der Waals surface area contributed by atoms with Crippen LogP contribution >= 0.6 is 0 Å². The molecular weight excluding hydrogens is 635 g/mol. The summed E-state index contributed by atoms with van der Waals surface area (Å²) in [5.41, 5.74) is 11.9. The van der Waals surface area contributed by atoms with Gasteiger partial charge in [-0.05, 0) is 41.5 Å². The number of hydrogen-bond donors (Lipinski definition) is 0. The van der Waals surface area contributed by atoms with E-state index in [1.807, 2.05) is 0 Å². The Morgan fingerprint density at radius 3 is 0.659 bits per heavy atom. The van der Waals surface area contributed by atoms with Crippen LogP contribution in [-0.2, 0) is 35.9 Å². The second-order valence-corrected chi connectivity index (χ2v) is 15.7. The molecule has 0 aromatic heterocycles. The summed E-state index contributed by atoms with van der Waals surface area (Å²) in [4.78, 5) is 0. The summed E-state index contributed by atoms with van der Waals surface area (Å²) >= 11 is 0. The number of aryl methyl sites for hydroxylation is 6. The predicted molar refractivity (Wildman–Crippen MR) is 197 cm³/mol. The second kappa shape index (κ2) is 19.6. The van der Waals surface area contributed by atoms with E-state index in [-0.39, 0.29) is 52.1 Å². The van der Waals surface area contributed by atoms with E-state index in [0.29, 0.717) is 0 Å². The molecule has 0 aliphatic rings. The van der Waals surface area contributed by atoms with Crippen molar-refractivity contribution < 1.29 is 22.4 Å². The number of benzene rings is 3. The zero-order valence-corrected chi connectivity index (χ0v) is 33.5. The Morgan fingerprint density at radius 2 is 0.523 bits per heavy atom. The maximum atomic E-state index is 4.60. The van der Waals surface area contributed by atoms with Gasteiger partial charge >= 0.3 is 22.4 Å². The molecule has 0 aliphatic heterocycles. The van der Waals surface area contributed by atoms with Crippen LogP contribution < -0.4 is 0 Å². The van der Waals surface area contributed by atoms with Gasteiger partial charge in [0.25, 0.3) is 0 Å². The fourth-order valence-electron chi connectivity index (χ4n) is 4.11. The summed E-state index contributed by atoms with van der Waals surface area (Å²) < 4.78 is 0. The minimum absolute atomic E-state index is 0. The van der Waals surface area contributed by atoms with Crippen LogP contribution in [0.5, 0.6) is 0 Å². The molecule has 0 atom stereocenters. The second-order valence-electron chi connectivity index (χ2n) is 15.7. The van der Waals surface area contributed by atoms with Crippen molar-refractivity contribution in [1.82, 2.24) is 0 Å². The van der Waals surface area contributed by atoms with E-state index in [4.69, 9.17) is 0 Å². The van der Waals surface area contributed by atoms with Crippen molar-refractivity contribution in [3.63, 3.8) is 0 Å². The molecule has 3 rings (SSSR count). The van der Waals surface area contributed by atoms with E-state index in [1.165, 1.54) is 33.4 Å². The normalized spacial score (nSPS) is 11.0. The van der Waals surface area contributed by atoms with Crippen LogP contribution in [0.4, 0.5) is 17.1 Å². The summed E-state index contributed by atoms with van der Waals surface area (Å²) in [5, 5.41) is 13.8. The molecule has 0 saturated heterocycles. The zero-order chi connectivity index (χ0) is 32.3. The van der Waals surface area contributed by atoms with E-state index in [9.17, 15) is 0 Å². The average Bonchev–Trinajstić information content (AvgIpc) is 2.78. The van der Waals surface area contributed by atoms with Gasteiger partial charge in [0.15, 0.2) is 0 Å². The first-order chi connectivity index (χ1) is 19.1. The molecule has 0 bridgehead atoms. The molecule has 0 N–H and O–H groups in total. The minimum atomic E-state index is 0. The summed E-state index contributed by atoms with van der Waals surface area (Å²) in [5.74, 6) is 0. The van der Waals surface area contributed by atoms with Gasteiger partial charge in [-0.1, -0.05) is 167 Å². The standard InChI is InChI=1S/3C13H20N.Nb.S/c3*1-10-6-11(2)8-12(7-10)14-9-13(3,4)5;;/h3*6-8H,9H2,1-5H3;;/q3*-1;+5;-2. The van der Waals surface area contributed by atoms with Crippen molar-refractivity contribution in [3.05, 3.63) is 104 Å². The fourth-order valence-corrected chi connectivity index (χ4v) is 4.11. The summed E-state index contributed by atoms with van der Waals surface area (Å²) in [7, 11) is 0. The predicted octanol–water partition coefficient (Wildman–Crippen LogP) is 13.1. The summed E-state index contributed by atoms with van der Waals surface area (Å²) in [6.07, 6.45) is 0. The van der Waals surface area contributed by atoms with Crippen molar-refractivity contribution in [3.8, 4) is 0 Å². The largest absolute Gasteiger partial charge is 5.00 e. The van der Waals surface area contributed by atoms with Crippen LogP contribution in [0, 0.1) is 57.8 Å². The van der Waals surface area contributed by atoms with Crippen molar-refractivity contribution in [1.29, 1.82) is 0 Å². The Kier molecular flexibility index (Phi) is 19.7. The van der Waals surface area contributed by atoms with Gasteiger partial charge in [0, 0.05) is 0 Å². The summed E-state index contributed by atoms with van der Waals surface area (Å²) in [6.45, 7) is 35.2. The molecule has 44 heavy (non-hydrogen) atoms. The molecule has 0 heterocycles. The topological polar surface area (TPSA) is 42.3 Å². The van der Waals surface area contributed by atoms with Gasteiger partial charge in [-0.15, -0.1) is 36.7 Å². The Bertz CT molecular complexity index is 1030. The summed E-state index contributed by atoms with van der Waals surface area (Å²) in [6, 6.07) is 19.4. The Hall–Kier alpha value is -1.85. The molecule has 0 amide bonds. The van der Waals surface area contributed by atoms with Crippen molar-refractivity contribution in [2.45, 2.75) is 104 Å². The Labute approximate surface area is 295 Å². The van der Waals surface area contributed by atoms with Crippen LogP contribution in [0.25, 0.3) is 16.0 Å². The monoisotopic (exact) mass is 695 g/mol. The smallest absolute Gasteiger partial charge is 2.00 e. The van der Waals surface area contributed by atoms with E-state index in [2.05, 4.69) is 174 Å². The molecule has 0 saturated carbocycles. The third-order valence-electron chi connectivity index (χ3n) is 5.83. The molecule has 0 spiro atoms. The van der Waals surface area contributed by atoms with Gasteiger partial charge in [0.05, 0.1) is 0 Å². The molecule has 3 nitrogen and oxygen atoms in total. The van der Waals surface area contributed by atoms with Gasteiger partial charge in [-0.3, -0.25) is 0 Å². The van der Waals surface area contributed by atoms with Crippen molar-refractivity contribution >= 4 is 30.6 Å². The Balaban J connectivity index is 0. The Morgan fingerprint density at radius 1 is 0.364 bits per heavy atom. The quantitative estimate of drug-likeness (QED) is 0.230. The van der Waals surface area contributed by atoms with Crippen LogP contribution in [0.1, 0.15) is 95.7 Å². The van der Waals surface area contributed by atoms with E-state index in [1.54, 1.807) is 0 Å². The molecule has 3 aromatic rings. The van der Waals surface area contributed by atoms with Crippen molar-refractivity contribution in [2.24, 2.45) is 16.2 Å². The van der Waals surface area contributed by atoms with Gasteiger partial charge in [0.1, 0.15) is 0 Å². The first kappa shape index (κ1) is 44.3. The number of hydrogen-bond acceptors (Lipinski definition) is 0. The zero-order valence-electron chi connectivity index (χ0n) is 30.5. The number of rotatable bonds is 6. The van der Waals surface area contributed by atoms with Gasteiger partial charge < -0.3 is 29.4 Å². The van der Waals surface area contributed by atoms with Crippen LogP contribution in [-0.4, -0.2) is 19.6 Å². The van der Waals surface area contributed by atoms with Gasteiger partial charge in [-0.25, -0.2) is 0 Å². The molecule has 0 unspecified atom stereocenters. The molecular formula is C39H60N3NbS. The first-order valence-corrected chi connectivity index (χ1v) is 15.4. The first-order valence-electron chi connectivity index (χ1n) is 15.4. The third-order valence-corrected chi connectivity index (χ3v) is 5.83. The molecule has 0 aliphatic carbocycles. The van der Waals surface area contributed by atoms with Gasteiger partial charge in [0.2, 0.25) is 0 Å². The minimum Gasteiger partial charge on any atom is -2.00 e. The molecule has 0 radical (unpaired) electrons. The van der Waals surface area contributed by atoms with E-state index < -0.39 is 0 Å². The van der Waals surface area contributed by atoms with E-state index in [0.717, 1.165) is 36.7 Å². The van der Waals surface area contributed by atoms with Crippen LogP contribution in [0.2, 0.25) is 0 Å². The fraction of sp³-hybridized carbons (Fsp3) is 0.538. The third kappa shape index (κ3) is 22.6. The number of nitrogens with zero attached hydrogens (tertiary/aromatic N) is 3. The van der Waals surface area contributed by atoms with Crippen LogP contribution in [0.15, 0.2) is 54.6 Å². The SMILES string of the molecule is Cc1cc(C)cc([N-]CC(C)(C)C)c1.Cc1cc(C)cc([N-]CC(C)(C)C)c1.Cc1cc(C)cc([N-]CC(C)(C)C)c1.[Nb+5].[S-2]. The van der Waals surface area contributed by atoms with Crippen LogP contribution in [0.3, 0.4) is 0 Å². The molecule has 3 aromatic carbocycles. The van der Waals surface area contributed by atoms with E-state index >= 15 is 0 Å². The molecule has 5 heteroatoms. The van der Waals surface area contributed by atoms with Gasteiger partial charge in [-0.2, -0.15) is 0 Å². The maximum absolute atomic E-state index is 4.60. The maximum Gasteiger partial charge on any atom is 5.00 e.